The van der Waals surface area contributed by atoms with Gasteiger partial charge in [0.05, 0.1) is 6.26 Å². The molecule has 1 aliphatic rings. The molecule has 0 aliphatic carbocycles. The van der Waals surface area contributed by atoms with Crippen molar-refractivity contribution in [3.8, 4) is 0 Å². The van der Waals surface area contributed by atoms with Crippen LogP contribution in [-0.4, -0.2) is 38.7 Å². The minimum absolute atomic E-state index is 0.0123. The standard InChI is InChI=1S/C16H22N2O3S/c1-3-15-14(13-6-4-5-7-16(13)21-15)11-18-9-8-12(10-18)17-22(2,19)20/h4-7,12,17H,3,8-11H2,1-2H3/t12-/m0/s1. The molecule has 1 aromatic heterocycles. The highest BCUT2D eigenvalue weighted by Crippen LogP contribution is 2.28. The highest BCUT2D eigenvalue weighted by molar-refractivity contribution is 7.88. The molecular formula is C16H22N2O3S. The van der Waals surface area contributed by atoms with E-state index in [1.807, 2.05) is 18.2 Å². The number of rotatable bonds is 5. The number of furan rings is 1. The van der Waals surface area contributed by atoms with Gasteiger partial charge in [0, 0.05) is 43.0 Å². The zero-order valence-electron chi connectivity index (χ0n) is 13.0. The van der Waals surface area contributed by atoms with Crippen LogP contribution in [0.4, 0.5) is 0 Å². The van der Waals surface area contributed by atoms with E-state index < -0.39 is 10.0 Å². The van der Waals surface area contributed by atoms with Crippen molar-refractivity contribution in [1.82, 2.24) is 9.62 Å². The Balaban J connectivity index is 1.77. The van der Waals surface area contributed by atoms with E-state index in [4.69, 9.17) is 4.42 Å². The van der Waals surface area contributed by atoms with Gasteiger partial charge < -0.3 is 4.42 Å². The second-order valence-electron chi connectivity index (χ2n) is 5.96. The number of nitrogens with zero attached hydrogens (tertiary/aromatic N) is 1. The van der Waals surface area contributed by atoms with Gasteiger partial charge in [-0.3, -0.25) is 4.90 Å². The molecule has 1 aliphatic heterocycles. The Morgan fingerprint density at radius 1 is 1.36 bits per heavy atom. The maximum atomic E-state index is 11.3. The summed E-state index contributed by atoms with van der Waals surface area (Å²) in [6.07, 6.45) is 2.93. The number of fused-ring (bicyclic) bond motifs is 1. The van der Waals surface area contributed by atoms with Crippen LogP contribution in [0, 0.1) is 0 Å². The van der Waals surface area contributed by atoms with Crippen molar-refractivity contribution in [2.75, 3.05) is 19.3 Å². The Morgan fingerprint density at radius 3 is 2.86 bits per heavy atom. The molecule has 0 spiro atoms. The summed E-state index contributed by atoms with van der Waals surface area (Å²) in [5.74, 6) is 1.03. The van der Waals surface area contributed by atoms with Gasteiger partial charge in [0.15, 0.2) is 0 Å². The minimum Gasteiger partial charge on any atom is -0.461 e. The minimum atomic E-state index is -3.14. The highest BCUT2D eigenvalue weighted by Gasteiger charge is 2.26. The molecule has 5 nitrogen and oxygen atoms in total. The number of nitrogens with one attached hydrogen (secondary N) is 1. The Hall–Kier alpha value is -1.37. The average Bonchev–Trinajstić information content (AvgIpc) is 3.02. The van der Waals surface area contributed by atoms with Gasteiger partial charge in [0.1, 0.15) is 11.3 Å². The molecule has 0 saturated carbocycles. The largest absolute Gasteiger partial charge is 0.461 e. The van der Waals surface area contributed by atoms with Crippen LogP contribution in [0.2, 0.25) is 0 Å². The topological polar surface area (TPSA) is 62.6 Å². The van der Waals surface area contributed by atoms with Gasteiger partial charge >= 0.3 is 0 Å². The molecule has 6 heteroatoms. The molecule has 2 aromatic rings. The van der Waals surface area contributed by atoms with E-state index in [0.717, 1.165) is 43.8 Å². The van der Waals surface area contributed by atoms with E-state index >= 15 is 0 Å². The molecule has 1 fully saturated rings. The summed E-state index contributed by atoms with van der Waals surface area (Å²) < 4.78 is 31.3. The molecule has 1 saturated heterocycles. The number of aryl methyl sites for hydroxylation is 1. The molecule has 2 heterocycles. The van der Waals surface area contributed by atoms with Crippen molar-refractivity contribution in [3.05, 3.63) is 35.6 Å². The first kappa shape index (κ1) is 15.5. The van der Waals surface area contributed by atoms with Gasteiger partial charge in [-0.25, -0.2) is 13.1 Å². The summed E-state index contributed by atoms with van der Waals surface area (Å²) in [5.41, 5.74) is 2.16. The lowest BCUT2D eigenvalue weighted by atomic mass is 10.1. The van der Waals surface area contributed by atoms with Crippen molar-refractivity contribution in [2.24, 2.45) is 0 Å². The van der Waals surface area contributed by atoms with Crippen LogP contribution >= 0.6 is 0 Å². The monoisotopic (exact) mass is 322 g/mol. The molecule has 3 rings (SSSR count). The van der Waals surface area contributed by atoms with Crippen molar-refractivity contribution in [2.45, 2.75) is 32.4 Å². The van der Waals surface area contributed by atoms with Gasteiger partial charge in [-0.1, -0.05) is 25.1 Å². The van der Waals surface area contributed by atoms with Crippen LogP contribution in [0.25, 0.3) is 11.0 Å². The Labute approximate surface area is 131 Å². The number of para-hydroxylation sites is 1. The third kappa shape index (κ3) is 3.34. The van der Waals surface area contributed by atoms with Crippen LogP contribution in [0.15, 0.2) is 28.7 Å². The Morgan fingerprint density at radius 2 is 2.14 bits per heavy atom. The van der Waals surface area contributed by atoms with Crippen LogP contribution in [-0.2, 0) is 23.0 Å². The smallest absolute Gasteiger partial charge is 0.208 e. The number of hydrogen-bond acceptors (Lipinski definition) is 4. The van der Waals surface area contributed by atoms with E-state index in [9.17, 15) is 8.42 Å². The van der Waals surface area contributed by atoms with Crippen LogP contribution in [0.5, 0.6) is 0 Å². The molecule has 120 valence electrons. The quantitative estimate of drug-likeness (QED) is 0.916. The maximum absolute atomic E-state index is 11.3. The first-order valence-corrected chi connectivity index (χ1v) is 9.54. The number of benzene rings is 1. The summed E-state index contributed by atoms with van der Waals surface area (Å²) in [4.78, 5) is 2.29. The van der Waals surface area contributed by atoms with E-state index in [1.54, 1.807) is 0 Å². The lowest BCUT2D eigenvalue weighted by molar-refractivity contribution is 0.322. The third-order valence-corrected chi connectivity index (χ3v) is 4.90. The number of likely N-dealkylation sites (tertiary alicyclic amines) is 1. The second-order valence-corrected chi connectivity index (χ2v) is 7.74. The first-order chi connectivity index (χ1) is 10.5. The van der Waals surface area contributed by atoms with Crippen LogP contribution in [0.3, 0.4) is 0 Å². The van der Waals surface area contributed by atoms with Crippen molar-refractivity contribution < 1.29 is 12.8 Å². The summed E-state index contributed by atoms with van der Waals surface area (Å²) in [5, 5.41) is 1.17. The average molecular weight is 322 g/mol. The molecule has 0 radical (unpaired) electrons. The Kier molecular flexibility index (Phi) is 4.25. The molecule has 1 aromatic carbocycles. The van der Waals surface area contributed by atoms with E-state index in [0.29, 0.717) is 0 Å². The molecule has 1 atom stereocenters. The lowest BCUT2D eigenvalue weighted by Gasteiger charge is -2.16. The molecule has 1 N–H and O–H groups in total. The third-order valence-electron chi connectivity index (χ3n) is 4.14. The van der Waals surface area contributed by atoms with Gasteiger partial charge in [-0.15, -0.1) is 0 Å². The molecule has 0 unspecified atom stereocenters. The van der Waals surface area contributed by atoms with Gasteiger partial charge in [0.2, 0.25) is 10.0 Å². The van der Waals surface area contributed by atoms with Crippen LogP contribution in [0.1, 0.15) is 24.7 Å². The zero-order chi connectivity index (χ0) is 15.7. The normalized spacial score (nSPS) is 20.0. The summed E-state index contributed by atoms with van der Waals surface area (Å²) >= 11 is 0. The van der Waals surface area contributed by atoms with E-state index in [-0.39, 0.29) is 6.04 Å². The van der Waals surface area contributed by atoms with Gasteiger partial charge in [-0.2, -0.15) is 0 Å². The maximum Gasteiger partial charge on any atom is 0.208 e. The second kappa shape index (κ2) is 6.02. The highest BCUT2D eigenvalue weighted by atomic mass is 32.2. The summed E-state index contributed by atoms with van der Waals surface area (Å²) in [6.45, 7) is 4.55. The van der Waals surface area contributed by atoms with E-state index in [2.05, 4.69) is 22.6 Å². The molecule has 0 amide bonds. The van der Waals surface area contributed by atoms with Crippen molar-refractivity contribution in [1.29, 1.82) is 0 Å². The summed E-state index contributed by atoms with van der Waals surface area (Å²) in [7, 11) is -3.14. The predicted octanol–water partition coefficient (Wildman–Crippen LogP) is 2.12. The lowest BCUT2D eigenvalue weighted by Crippen LogP contribution is -2.36. The fraction of sp³-hybridized carbons (Fsp3) is 0.500. The van der Waals surface area contributed by atoms with Crippen molar-refractivity contribution >= 4 is 21.0 Å². The fourth-order valence-electron chi connectivity index (χ4n) is 3.21. The summed E-state index contributed by atoms with van der Waals surface area (Å²) in [6, 6.07) is 8.11. The van der Waals surface area contributed by atoms with Crippen molar-refractivity contribution in [3.63, 3.8) is 0 Å². The zero-order valence-corrected chi connectivity index (χ0v) is 13.8. The molecular weight excluding hydrogens is 300 g/mol. The predicted molar refractivity (Wildman–Crippen MR) is 87.3 cm³/mol. The number of sulfonamides is 1. The molecule has 22 heavy (non-hydrogen) atoms. The first-order valence-electron chi connectivity index (χ1n) is 7.65. The fourth-order valence-corrected chi connectivity index (χ4v) is 4.01. The molecule has 0 bridgehead atoms. The van der Waals surface area contributed by atoms with Gasteiger partial charge in [-0.05, 0) is 12.5 Å². The van der Waals surface area contributed by atoms with Crippen LogP contribution < -0.4 is 4.72 Å². The number of hydrogen-bond donors (Lipinski definition) is 1. The SMILES string of the molecule is CCc1oc2ccccc2c1CN1CC[C@H](NS(C)(=O)=O)C1. The van der Waals surface area contributed by atoms with Gasteiger partial charge in [0.25, 0.3) is 0 Å². The Bertz CT molecular complexity index is 767. The van der Waals surface area contributed by atoms with E-state index in [1.165, 1.54) is 17.2 Å².